The molecule has 1 heterocycles. The van der Waals surface area contributed by atoms with Gasteiger partial charge in [0, 0.05) is 23.1 Å². The lowest BCUT2D eigenvalue weighted by Gasteiger charge is -2.38. The third kappa shape index (κ3) is 1.97. The topological polar surface area (TPSA) is 3.88 Å². The van der Waals surface area contributed by atoms with Gasteiger partial charge in [0.1, 0.15) is 7.05 Å². The van der Waals surface area contributed by atoms with Crippen LogP contribution in [-0.4, -0.2) is 0 Å². The van der Waals surface area contributed by atoms with Crippen molar-refractivity contribution in [1.82, 2.24) is 0 Å². The Kier molecular flexibility index (Phi) is 3.06. The normalized spacial score (nSPS) is 21.9. The van der Waals surface area contributed by atoms with Crippen molar-refractivity contribution in [3.8, 4) is 11.3 Å². The van der Waals surface area contributed by atoms with E-state index in [4.69, 9.17) is 0 Å². The highest BCUT2D eigenvalue weighted by Gasteiger charge is 2.34. The summed E-state index contributed by atoms with van der Waals surface area (Å²) in [5, 5.41) is 1.30. The Bertz CT molecular complexity index is 946. The van der Waals surface area contributed by atoms with Crippen LogP contribution < -0.4 is 4.57 Å². The summed E-state index contributed by atoms with van der Waals surface area (Å²) in [6.07, 6.45) is 5.59. The summed E-state index contributed by atoms with van der Waals surface area (Å²) in [7, 11) is 2.20. The van der Waals surface area contributed by atoms with Gasteiger partial charge in [0.15, 0.2) is 0 Å². The average molecular weight is 314 g/mol. The van der Waals surface area contributed by atoms with E-state index in [0.29, 0.717) is 0 Å². The fourth-order valence-electron chi connectivity index (χ4n) is 5.06. The molecule has 3 aromatic rings. The third-order valence-electron chi connectivity index (χ3n) is 6.39. The molecular formula is C23H24N+. The van der Waals surface area contributed by atoms with Crippen LogP contribution >= 0.6 is 0 Å². The molecule has 0 spiro atoms. The molecule has 6 rings (SSSR count). The second-order valence-electron chi connectivity index (χ2n) is 7.68. The molecule has 2 aromatic carbocycles. The van der Waals surface area contributed by atoms with Gasteiger partial charge < -0.3 is 0 Å². The SMILES string of the molecule is Cc1cc2c(cc1-c1ccc3ccccc3[n+]1C)C1CCC2CC1. The van der Waals surface area contributed by atoms with Crippen molar-refractivity contribution in [2.45, 2.75) is 44.4 Å². The van der Waals surface area contributed by atoms with E-state index in [1.165, 1.54) is 53.4 Å². The van der Waals surface area contributed by atoms with Crippen LogP contribution in [0.4, 0.5) is 0 Å². The summed E-state index contributed by atoms with van der Waals surface area (Å²) in [4.78, 5) is 0. The van der Waals surface area contributed by atoms with Crippen molar-refractivity contribution >= 4 is 10.9 Å². The van der Waals surface area contributed by atoms with Crippen LogP contribution in [0.1, 0.15) is 54.2 Å². The zero-order valence-electron chi connectivity index (χ0n) is 14.5. The number of hydrogen-bond donors (Lipinski definition) is 0. The zero-order chi connectivity index (χ0) is 16.3. The maximum atomic E-state index is 2.52. The van der Waals surface area contributed by atoms with Crippen LogP contribution in [0.3, 0.4) is 0 Å². The van der Waals surface area contributed by atoms with Crippen molar-refractivity contribution in [2.75, 3.05) is 0 Å². The van der Waals surface area contributed by atoms with E-state index in [-0.39, 0.29) is 0 Å². The molecule has 24 heavy (non-hydrogen) atoms. The fourth-order valence-corrected chi connectivity index (χ4v) is 5.06. The van der Waals surface area contributed by atoms with Crippen LogP contribution in [0.15, 0.2) is 48.5 Å². The van der Waals surface area contributed by atoms with Crippen LogP contribution in [0.2, 0.25) is 0 Å². The Balaban J connectivity index is 1.73. The number of benzene rings is 2. The molecule has 1 aromatic heterocycles. The summed E-state index contributed by atoms with van der Waals surface area (Å²) < 4.78 is 2.35. The Labute approximate surface area is 144 Å². The van der Waals surface area contributed by atoms with E-state index < -0.39 is 0 Å². The third-order valence-corrected chi connectivity index (χ3v) is 6.39. The lowest BCUT2D eigenvalue weighted by Crippen LogP contribution is -2.32. The van der Waals surface area contributed by atoms with Gasteiger partial charge in [0.25, 0.3) is 0 Å². The minimum absolute atomic E-state index is 0.801. The van der Waals surface area contributed by atoms with Crippen molar-refractivity contribution in [2.24, 2.45) is 7.05 Å². The predicted octanol–water partition coefficient (Wildman–Crippen LogP) is 5.39. The number of nitrogens with zero attached hydrogens (tertiary/aromatic N) is 1. The molecular weight excluding hydrogens is 290 g/mol. The molecule has 0 amide bonds. The summed E-state index contributed by atoms with van der Waals surface area (Å²) in [6.45, 7) is 2.28. The monoisotopic (exact) mass is 314 g/mol. The molecule has 0 atom stereocenters. The molecule has 0 N–H and O–H groups in total. The summed E-state index contributed by atoms with van der Waals surface area (Å²) in [6, 6.07) is 18.2. The standard InChI is InChI=1S/C23H24N/c1-15-13-20-16-7-9-17(10-8-16)21(20)14-19(15)23-12-11-18-5-3-4-6-22(18)24(23)2/h3-6,11-14,16-17H,7-10H2,1-2H3/q+1. The number of aromatic nitrogens is 1. The first-order valence-corrected chi connectivity index (χ1v) is 9.25. The van der Waals surface area contributed by atoms with Crippen LogP contribution in [0.25, 0.3) is 22.2 Å². The van der Waals surface area contributed by atoms with E-state index in [1.807, 2.05) is 0 Å². The maximum absolute atomic E-state index is 2.52. The first kappa shape index (κ1) is 14.2. The second-order valence-corrected chi connectivity index (χ2v) is 7.68. The number of hydrogen-bond acceptors (Lipinski definition) is 0. The van der Waals surface area contributed by atoms with Gasteiger partial charge in [-0.3, -0.25) is 0 Å². The Morgan fingerprint density at radius 1 is 0.833 bits per heavy atom. The van der Waals surface area contributed by atoms with Gasteiger partial charge in [-0.1, -0.05) is 18.2 Å². The van der Waals surface area contributed by atoms with Crippen LogP contribution in [0.5, 0.6) is 0 Å². The van der Waals surface area contributed by atoms with Crippen molar-refractivity contribution in [1.29, 1.82) is 0 Å². The van der Waals surface area contributed by atoms with E-state index in [2.05, 4.69) is 67.1 Å². The zero-order valence-corrected chi connectivity index (χ0v) is 14.5. The van der Waals surface area contributed by atoms with Gasteiger partial charge in [-0.2, -0.15) is 4.57 Å². The quantitative estimate of drug-likeness (QED) is 0.530. The summed E-state index contributed by atoms with van der Waals surface area (Å²) in [5.41, 5.74) is 8.76. The van der Waals surface area contributed by atoms with Crippen LogP contribution in [-0.2, 0) is 7.05 Å². The molecule has 0 saturated heterocycles. The van der Waals surface area contributed by atoms with E-state index in [1.54, 1.807) is 11.1 Å². The van der Waals surface area contributed by atoms with Gasteiger partial charge >= 0.3 is 0 Å². The number of fused-ring (bicyclic) bond motifs is 3. The van der Waals surface area contributed by atoms with Crippen molar-refractivity contribution < 1.29 is 4.57 Å². The fraction of sp³-hybridized carbons (Fsp3) is 0.348. The number of pyridine rings is 1. The van der Waals surface area contributed by atoms with Gasteiger partial charge in [0.2, 0.25) is 11.2 Å². The van der Waals surface area contributed by atoms with Gasteiger partial charge in [-0.05, 0) is 79.3 Å². The van der Waals surface area contributed by atoms with E-state index in [0.717, 1.165) is 11.8 Å². The highest BCUT2D eigenvalue weighted by Crippen LogP contribution is 2.50. The molecule has 0 radical (unpaired) electrons. The first-order chi connectivity index (χ1) is 11.7. The summed E-state index contributed by atoms with van der Waals surface area (Å²) >= 11 is 0. The molecule has 0 aliphatic heterocycles. The Morgan fingerprint density at radius 2 is 1.50 bits per heavy atom. The first-order valence-electron chi connectivity index (χ1n) is 9.25. The van der Waals surface area contributed by atoms with E-state index >= 15 is 0 Å². The number of para-hydroxylation sites is 1. The summed E-state index contributed by atoms with van der Waals surface area (Å²) in [5.74, 6) is 1.62. The maximum Gasteiger partial charge on any atom is 0.213 e. The molecule has 1 fully saturated rings. The minimum atomic E-state index is 0.801. The lowest BCUT2D eigenvalue weighted by atomic mass is 9.66. The van der Waals surface area contributed by atoms with Gasteiger partial charge in [-0.15, -0.1) is 0 Å². The number of aryl methyl sites for hydroxylation is 2. The average Bonchev–Trinajstić information content (AvgIpc) is 2.63. The molecule has 2 bridgehead atoms. The van der Waals surface area contributed by atoms with E-state index in [9.17, 15) is 0 Å². The molecule has 1 heteroatoms. The smallest absolute Gasteiger partial charge is 0.194 e. The lowest BCUT2D eigenvalue weighted by molar-refractivity contribution is -0.633. The molecule has 1 nitrogen and oxygen atoms in total. The highest BCUT2D eigenvalue weighted by molar-refractivity contribution is 5.78. The second kappa shape index (κ2) is 5.17. The Morgan fingerprint density at radius 3 is 2.25 bits per heavy atom. The van der Waals surface area contributed by atoms with Gasteiger partial charge in [-0.25, -0.2) is 0 Å². The molecule has 1 saturated carbocycles. The molecule has 120 valence electrons. The number of rotatable bonds is 1. The van der Waals surface area contributed by atoms with Crippen LogP contribution in [0, 0.1) is 6.92 Å². The molecule has 3 aliphatic rings. The molecule has 0 unspecified atom stereocenters. The van der Waals surface area contributed by atoms with Gasteiger partial charge in [0.05, 0.1) is 0 Å². The highest BCUT2D eigenvalue weighted by atomic mass is 14.9. The predicted molar refractivity (Wildman–Crippen MR) is 99.2 cm³/mol. The van der Waals surface area contributed by atoms with Crippen molar-refractivity contribution in [3.63, 3.8) is 0 Å². The van der Waals surface area contributed by atoms with Crippen molar-refractivity contribution in [3.05, 3.63) is 65.2 Å². The largest absolute Gasteiger partial charge is 0.213 e. The minimum Gasteiger partial charge on any atom is -0.194 e. The Hall–Kier alpha value is -2.15. The molecule has 3 aliphatic carbocycles.